The van der Waals surface area contributed by atoms with Crippen molar-refractivity contribution in [3.8, 4) is 11.5 Å². The number of fused-ring (bicyclic) bond motifs is 1. The number of carboxylic acid groups (broad SMARTS) is 1. The Hall–Kier alpha value is -2.24. The zero-order valence-electron chi connectivity index (χ0n) is 14.1. The molecule has 1 aliphatic carbocycles. The third-order valence-electron chi connectivity index (χ3n) is 4.73. The lowest BCUT2D eigenvalue weighted by Crippen LogP contribution is -2.43. The van der Waals surface area contributed by atoms with Gasteiger partial charge in [-0.05, 0) is 56.4 Å². The third kappa shape index (κ3) is 2.81. The smallest absolute Gasteiger partial charge is 0.319 e. The third-order valence-corrected chi connectivity index (χ3v) is 4.73. The van der Waals surface area contributed by atoms with Crippen LogP contribution in [0.2, 0.25) is 0 Å². The maximum atomic E-state index is 12.6. The lowest BCUT2D eigenvalue weighted by molar-refractivity contribution is -0.153. The van der Waals surface area contributed by atoms with Crippen molar-refractivity contribution >= 4 is 11.9 Å². The van der Waals surface area contributed by atoms with Gasteiger partial charge in [-0.25, -0.2) is 0 Å². The monoisotopic (exact) mass is 333 g/mol. The highest BCUT2D eigenvalue weighted by atomic mass is 16.5. The van der Waals surface area contributed by atoms with Crippen LogP contribution in [0.4, 0.5) is 0 Å². The Labute approximate surface area is 141 Å². The first-order chi connectivity index (χ1) is 11.5. The van der Waals surface area contributed by atoms with Crippen molar-refractivity contribution in [2.24, 2.45) is 5.41 Å². The maximum Gasteiger partial charge on any atom is 0.319 e. The molecule has 24 heavy (non-hydrogen) atoms. The van der Waals surface area contributed by atoms with Gasteiger partial charge in [-0.15, -0.1) is 0 Å². The fourth-order valence-corrected chi connectivity index (χ4v) is 3.22. The van der Waals surface area contributed by atoms with Crippen molar-refractivity contribution in [1.29, 1.82) is 0 Å². The van der Waals surface area contributed by atoms with Crippen molar-refractivity contribution in [3.05, 3.63) is 23.3 Å². The van der Waals surface area contributed by atoms with Crippen LogP contribution in [0.3, 0.4) is 0 Å². The van der Waals surface area contributed by atoms with Gasteiger partial charge in [0.2, 0.25) is 5.91 Å². The molecule has 1 aliphatic heterocycles. The van der Waals surface area contributed by atoms with E-state index in [-0.39, 0.29) is 5.91 Å². The summed E-state index contributed by atoms with van der Waals surface area (Å²) >= 11 is 0. The second-order valence-electron chi connectivity index (χ2n) is 6.30. The minimum Gasteiger partial charge on any atom is -0.490 e. The van der Waals surface area contributed by atoms with E-state index in [1.54, 1.807) is 4.90 Å². The van der Waals surface area contributed by atoms with Crippen molar-refractivity contribution in [2.45, 2.75) is 39.7 Å². The molecular formula is C18H23NO5. The summed E-state index contributed by atoms with van der Waals surface area (Å²) in [7, 11) is 0. The number of carboxylic acids is 1. The molecule has 0 spiro atoms. The molecule has 0 bridgehead atoms. The second kappa shape index (κ2) is 6.34. The van der Waals surface area contributed by atoms with Gasteiger partial charge < -0.3 is 19.5 Å². The van der Waals surface area contributed by atoms with Gasteiger partial charge in [-0.1, -0.05) is 0 Å². The van der Waals surface area contributed by atoms with Crippen LogP contribution in [0.25, 0.3) is 0 Å². The number of aliphatic carboxylic acids is 1. The van der Waals surface area contributed by atoms with Crippen molar-refractivity contribution < 1.29 is 24.2 Å². The van der Waals surface area contributed by atoms with Crippen molar-refractivity contribution in [2.75, 3.05) is 19.8 Å². The van der Waals surface area contributed by atoms with E-state index in [2.05, 4.69) is 0 Å². The summed E-state index contributed by atoms with van der Waals surface area (Å²) < 4.78 is 11.3. The molecule has 6 nitrogen and oxygen atoms in total. The SMILES string of the molecule is CCOc1cc2c(cc1OCC)CN(C(=O)C1(C(=O)O)CC1)CC2. The first-order valence-corrected chi connectivity index (χ1v) is 8.46. The molecule has 3 rings (SSSR count). The number of hydrogen-bond acceptors (Lipinski definition) is 4. The molecule has 0 saturated heterocycles. The predicted octanol–water partition coefficient (Wildman–Crippen LogP) is 2.23. The van der Waals surface area contributed by atoms with Gasteiger partial charge in [0.05, 0.1) is 13.2 Å². The molecule has 0 atom stereocenters. The van der Waals surface area contributed by atoms with E-state index in [9.17, 15) is 14.7 Å². The van der Waals surface area contributed by atoms with Crippen LogP contribution in [0, 0.1) is 5.41 Å². The fraction of sp³-hybridized carbons (Fsp3) is 0.556. The predicted molar refractivity (Wildman–Crippen MR) is 87.2 cm³/mol. The average molecular weight is 333 g/mol. The van der Waals surface area contributed by atoms with Gasteiger partial charge in [0.1, 0.15) is 5.41 Å². The molecule has 1 aromatic carbocycles. The summed E-state index contributed by atoms with van der Waals surface area (Å²) in [6, 6.07) is 3.90. The summed E-state index contributed by atoms with van der Waals surface area (Å²) in [6.07, 6.45) is 1.58. The average Bonchev–Trinajstić information content (AvgIpc) is 3.36. The van der Waals surface area contributed by atoms with Crippen LogP contribution in [0.1, 0.15) is 37.8 Å². The number of rotatable bonds is 6. The van der Waals surface area contributed by atoms with E-state index < -0.39 is 11.4 Å². The van der Waals surface area contributed by atoms with Crippen LogP contribution in [-0.4, -0.2) is 41.6 Å². The van der Waals surface area contributed by atoms with Crippen LogP contribution in [0.15, 0.2) is 12.1 Å². The molecule has 1 N–H and O–H groups in total. The number of hydrogen-bond donors (Lipinski definition) is 1. The molecule has 1 heterocycles. The van der Waals surface area contributed by atoms with E-state index in [0.29, 0.717) is 51.3 Å². The Balaban J connectivity index is 1.83. The molecule has 2 aliphatic rings. The fourth-order valence-electron chi connectivity index (χ4n) is 3.22. The molecule has 1 amide bonds. The lowest BCUT2D eigenvalue weighted by Gasteiger charge is -2.31. The first kappa shape index (κ1) is 16.6. The second-order valence-corrected chi connectivity index (χ2v) is 6.30. The lowest BCUT2D eigenvalue weighted by atomic mass is 9.96. The molecule has 0 aromatic heterocycles. The Morgan fingerprint density at radius 1 is 1.12 bits per heavy atom. The minimum atomic E-state index is -1.18. The van der Waals surface area contributed by atoms with Crippen LogP contribution < -0.4 is 9.47 Å². The molecule has 1 aromatic rings. The maximum absolute atomic E-state index is 12.6. The molecule has 6 heteroatoms. The van der Waals surface area contributed by atoms with E-state index in [1.165, 1.54) is 0 Å². The number of ether oxygens (including phenoxy) is 2. The van der Waals surface area contributed by atoms with Gasteiger partial charge in [0, 0.05) is 13.1 Å². The van der Waals surface area contributed by atoms with Gasteiger partial charge >= 0.3 is 5.97 Å². The summed E-state index contributed by atoms with van der Waals surface area (Å²) in [6.45, 7) is 5.90. The van der Waals surface area contributed by atoms with E-state index >= 15 is 0 Å². The standard InChI is InChI=1S/C18H23NO5/c1-3-23-14-9-12-5-8-19(11-13(12)10-15(14)24-4-2)16(20)18(6-7-18)17(21)22/h9-10H,3-8,11H2,1-2H3,(H,21,22). The Morgan fingerprint density at radius 3 is 2.21 bits per heavy atom. The van der Waals surface area contributed by atoms with E-state index in [0.717, 1.165) is 16.9 Å². The molecular weight excluding hydrogens is 310 g/mol. The van der Waals surface area contributed by atoms with Crippen LogP contribution in [0.5, 0.6) is 11.5 Å². The number of carbonyl (C=O) groups is 2. The highest BCUT2D eigenvalue weighted by molar-refractivity contribution is 6.04. The molecule has 1 saturated carbocycles. The van der Waals surface area contributed by atoms with Crippen LogP contribution in [-0.2, 0) is 22.6 Å². The van der Waals surface area contributed by atoms with Gasteiger partial charge in [0.15, 0.2) is 11.5 Å². The molecule has 0 unspecified atom stereocenters. The highest BCUT2D eigenvalue weighted by Crippen LogP contribution is 2.48. The summed E-state index contributed by atoms with van der Waals surface area (Å²) in [5, 5.41) is 9.33. The van der Waals surface area contributed by atoms with Crippen molar-refractivity contribution in [3.63, 3.8) is 0 Å². The Kier molecular flexibility index (Phi) is 4.39. The summed E-state index contributed by atoms with van der Waals surface area (Å²) in [5.74, 6) is 0.140. The van der Waals surface area contributed by atoms with Gasteiger partial charge in [-0.3, -0.25) is 9.59 Å². The number of benzene rings is 1. The minimum absolute atomic E-state index is 0.257. The molecule has 0 radical (unpaired) electrons. The largest absolute Gasteiger partial charge is 0.490 e. The van der Waals surface area contributed by atoms with Gasteiger partial charge in [0.25, 0.3) is 0 Å². The zero-order chi connectivity index (χ0) is 17.3. The Bertz CT molecular complexity index is 666. The van der Waals surface area contributed by atoms with Crippen LogP contribution >= 0.6 is 0 Å². The first-order valence-electron chi connectivity index (χ1n) is 8.46. The molecule has 1 fully saturated rings. The van der Waals surface area contributed by atoms with Gasteiger partial charge in [-0.2, -0.15) is 0 Å². The quantitative estimate of drug-likeness (QED) is 0.808. The summed E-state index contributed by atoms with van der Waals surface area (Å²) in [4.78, 5) is 25.7. The molecule has 130 valence electrons. The zero-order valence-corrected chi connectivity index (χ0v) is 14.1. The normalized spacial score (nSPS) is 17.8. The van der Waals surface area contributed by atoms with E-state index in [4.69, 9.17) is 9.47 Å². The highest BCUT2D eigenvalue weighted by Gasteiger charge is 2.58. The van der Waals surface area contributed by atoms with Crippen molar-refractivity contribution in [1.82, 2.24) is 4.90 Å². The summed E-state index contributed by atoms with van der Waals surface area (Å²) in [5.41, 5.74) is 0.958. The number of amides is 1. The number of nitrogens with zero attached hydrogens (tertiary/aromatic N) is 1. The number of carbonyl (C=O) groups excluding carboxylic acids is 1. The Morgan fingerprint density at radius 2 is 1.71 bits per heavy atom. The van der Waals surface area contributed by atoms with E-state index in [1.807, 2.05) is 26.0 Å². The topological polar surface area (TPSA) is 76.1 Å².